The molecule has 0 fully saturated rings. The minimum atomic E-state index is 0.255. The molecule has 0 aromatic carbocycles. The maximum absolute atomic E-state index is 9.81. The Morgan fingerprint density at radius 2 is 1.70 bits per heavy atom. The van der Waals surface area contributed by atoms with E-state index in [-0.39, 0.29) is 5.78 Å². The highest BCUT2D eigenvalue weighted by Crippen LogP contribution is 1.77. The smallest absolute Gasteiger partial charge is 0.129 e. The van der Waals surface area contributed by atoms with Crippen LogP contribution in [-0.4, -0.2) is 19.0 Å². The summed E-state index contributed by atoms with van der Waals surface area (Å²) in [7, 11) is 1.70. The summed E-state index contributed by atoms with van der Waals surface area (Å²) in [4.78, 5) is 9.81. The second-order valence-electron chi connectivity index (χ2n) is 2.34. The van der Waals surface area contributed by atoms with E-state index in [1.54, 1.807) is 14.0 Å². The fraction of sp³-hybridized carbons (Fsp3) is 0.875. The number of hydrogen-bond donors (Lipinski definition) is 0. The monoisotopic (exact) mass is 146 g/mol. The van der Waals surface area contributed by atoms with Crippen LogP contribution in [0, 0.1) is 0 Å². The van der Waals surface area contributed by atoms with Gasteiger partial charge in [0.15, 0.2) is 0 Å². The number of carbonyl (C=O) groups is 1. The first-order valence-corrected chi connectivity index (χ1v) is 3.56. The lowest BCUT2D eigenvalue weighted by atomic mass is 10.4. The number of Topliss-reactive ketones (excluding diaryl/α,β-unsaturated/α-hetero) is 1. The third-order valence-electron chi connectivity index (χ3n) is 0.969. The van der Waals surface area contributed by atoms with Crippen molar-refractivity contribution < 1.29 is 9.53 Å². The molecule has 0 spiro atoms. The Hall–Kier alpha value is -0.370. The van der Waals surface area contributed by atoms with Crippen molar-refractivity contribution in [1.82, 2.24) is 0 Å². The van der Waals surface area contributed by atoms with Gasteiger partial charge in [-0.05, 0) is 20.8 Å². The molecule has 0 unspecified atom stereocenters. The van der Waals surface area contributed by atoms with Crippen LogP contribution in [0.15, 0.2) is 0 Å². The first-order valence-electron chi connectivity index (χ1n) is 3.56. The topological polar surface area (TPSA) is 26.3 Å². The van der Waals surface area contributed by atoms with Crippen LogP contribution in [0.5, 0.6) is 0 Å². The largest absolute Gasteiger partial charge is 0.382 e. The van der Waals surface area contributed by atoms with Crippen LogP contribution in [0.1, 0.15) is 34.1 Å². The average Bonchev–Trinajstić information content (AvgIpc) is 1.89. The fourth-order valence-electron chi connectivity index (χ4n) is 0. The van der Waals surface area contributed by atoms with Gasteiger partial charge >= 0.3 is 0 Å². The maximum atomic E-state index is 9.81. The Morgan fingerprint density at radius 3 is 1.70 bits per heavy atom. The van der Waals surface area contributed by atoms with Gasteiger partial charge in [0.05, 0.1) is 6.10 Å². The van der Waals surface area contributed by atoms with Gasteiger partial charge in [-0.3, -0.25) is 0 Å². The first-order chi connectivity index (χ1) is 4.54. The Morgan fingerprint density at radius 1 is 1.50 bits per heavy atom. The Balaban J connectivity index is 0. The molecule has 0 N–H and O–H groups in total. The number of ether oxygens (including phenoxy) is 1. The van der Waals surface area contributed by atoms with Crippen molar-refractivity contribution >= 4 is 5.78 Å². The second-order valence-corrected chi connectivity index (χ2v) is 2.34. The zero-order valence-electron chi connectivity index (χ0n) is 7.60. The van der Waals surface area contributed by atoms with Gasteiger partial charge in [-0.15, -0.1) is 0 Å². The highest BCUT2D eigenvalue weighted by Gasteiger charge is 1.78. The summed E-state index contributed by atoms with van der Waals surface area (Å²) >= 11 is 0. The highest BCUT2D eigenvalue weighted by atomic mass is 16.5. The molecule has 0 saturated heterocycles. The minimum Gasteiger partial charge on any atom is -0.382 e. The van der Waals surface area contributed by atoms with Crippen molar-refractivity contribution in [3.8, 4) is 0 Å². The van der Waals surface area contributed by atoms with E-state index >= 15 is 0 Å². The van der Waals surface area contributed by atoms with Gasteiger partial charge in [0, 0.05) is 13.5 Å². The standard InChI is InChI=1S/C4H10O.C4H8O/c1-4(2)5-3;1-3-4(2)5/h4H,1-3H3;3H2,1-2H3. The second kappa shape index (κ2) is 8.63. The molecule has 0 amide bonds. The average molecular weight is 146 g/mol. The summed E-state index contributed by atoms with van der Waals surface area (Å²) in [5, 5.41) is 0. The van der Waals surface area contributed by atoms with Crippen LogP contribution < -0.4 is 0 Å². The summed E-state index contributed by atoms with van der Waals surface area (Å²) < 4.78 is 4.75. The summed E-state index contributed by atoms with van der Waals surface area (Å²) in [6, 6.07) is 0. The molecule has 62 valence electrons. The molecule has 2 nitrogen and oxygen atoms in total. The quantitative estimate of drug-likeness (QED) is 0.595. The predicted molar refractivity (Wildman–Crippen MR) is 43.1 cm³/mol. The molecule has 0 aliphatic carbocycles. The summed E-state index contributed by atoms with van der Waals surface area (Å²) in [5.74, 6) is 0.255. The van der Waals surface area contributed by atoms with E-state index in [1.807, 2.05) is 20.8 Å². The van der Waals surface area contributed by atoms with Gasteiger partial charge in [-0.1, -0.05) is 6.92 Å². The Labute approximate surface area is 63.6 Å². The number of hydrogen-bond acceptors (Lipinski definition) is 2. The third-order valence-corrected chi connectivity index (χ3v) is 0.969. The molecule has 0 heterocycles. The van der Waals surface area contributed by atoms with E-state index < -0.39 is 0 Å². The van der Waals surface area contributed by atoms with Gasteiger partial charge in [-0.2, -0.15) is 0 Å². The minimum absolute atomic E-state index is 0.255. The zero-order chi connectivity index (χ0) is 8.57. The molecule has 0 aromatic rings. The molecular formula is C8H18O2. The van der Waals surface area contributed by atoms with Crippen LogP contribution in [-0.2, 0) is 9.53 Å². The number of rotatable bonds is 2. The highest BCUT2D eigenvalue weighted by molar-refractivity contribution is 5.74. The van der Waals surface area contributed by atoms with E-state index in [2.05, 4.69) is 0 Å². The van der Waals surface area contributed by atoms with E-state index in [0.29, 0.717) is 12.5 Å². The van der Waals surface area contributed by atoms with Crippen LogP contribution in [0.4, 0.5) is 0 Å². The fourth-order valence-corrected chi connectivity index (χ4v) is 0. The van der Waals surface area contributed by atoms with Crippen LogP contribution in [0.3, 0.4) is 0 Å². The number of ketones is 1. The predicted octanol–water partition coefficient (Wildman–Crippen LogP) is 2.03. The van der Waals surface area contributed by atoms with E-state index in [1.165, 1.54) is 0 Å². The normalized spacial score (nSPS) is 8.60. The molecule has 0 saturated carbocycles. The SMILES string of the molecule is CCC(C)=O.COC(C)C. The molecule has 10 heavy (non-hydrogen) atoms. The van der Waals surface area contributed by atoms with Crippen molar-refractivity contribution in [1.29, 1.82) is 0 Å². The lowest BCUT2D eigenvalue weighted by Gasteiger charge is -1.94. The van der Waals surface area contributed by atoms with Gasteiger partial charge in [-0.25, -0.2) is 0 Å². The van der Waals surface area contributed by atoms with Crippen molar-refractivity contribution in [3.63, 3.8) is 0 Å². The van der Waals surface area contributed by atoms with Crippen LogP contribution in [0.2, 0.25) is 0 Å². The number of methoxy groups -OCH3 is 1. The lowest BCUT2D eigenvalue weighted by molar-refractivity contribution is -0.116. The van der Waals surface area contributed by atoms with Crippen LogP contribution >= 0.6 is 0 Å². The molecule has 0 aliphatic heterocycles. The Kier molecular flexibility index (Phi) is 10.6. The maximum Gasteiger partial charge on any atom is 0.129 e. The molecule has 0 radical (unpaired) electrons. The van der Waals surface area contributed by atoms with Crippen LogP contribution in [0.25, 0.3) is 0 Å². The molecule has 0 rings (SSSR count). The van der Waals surface area contributed by atoms with Gasteiger partial charge in [0.2, 0.25) is 0 Å². The summed E-state index contributed by atoms with van der Waals surface area (Å²) in [5.41, 5.74) is 0. The first kappa shape index (κ1) is 12.3. The molecule has 0 aliphatic rings. The molecular weight excluding hydrogens is 128 g/mol. The van der Waals surface area contributed by atoms with Gasteiger partial charge in [0.1, 0.15) is 5.78 Å². The Bertz CT molecular complexity index is 77.3. The van der Waals surface area contributed by atoms with E-state index in [9.17, 15) is 4.79 Å². The summed E-state index contributed by atoms with van der Waals surface area (Å²) in [6.45, 7) is 7.43. The van der Waals surface area contributed by atoms with Crippen molar-refractivity contribution in [2.45, 2.75) is 40.2 Å². The molecule has 0 aromatic heterocycles. The van der Waals surface area contributed by atoms with Gasteiger partial charge in [0.25, 0.3) is 0 Å². The van der Waals surface area contributed by atoms with Crippen molar-refractivity contribution in [2.75, 3.05) is 7.11 Å². The molecule has 0 bridgehead atoms. The molecule has 2 heteroatoms. The number of carbonyl (C=O) groups excluding carboxylic acids is 1. The van der Waals surface area contributed by atoms with Crippen molar-refractivity contribution in [2.24, 2.45) is 0 Å². The lowest BCUT2D eigenvalue weighted by Crippen LogP contribution is -1.94. The summed E-state index contributed by atoms with van der Waals surface area (Å²) in [6.07, 6.45) is 1.05. The van der Waals surface area contributed by atoms with Gasteiger partial charge < -0.3 is 9.53 Å². The molecule has 0 atom stereocenters. The van der Waals surface area contributed by atoms with Crippen molar-refractivity contribution in [3.05, 3.63) is 0 Å². The van der Waals surface area contributed by atoms with E-state index in [0.717, 1.165) is 0 Å². The third kappa shape index (κ3) is 25.5. The zero-order valence-corrected chi connectivity index (χ0v) is 7.60. The van der Waals surface area contributed by atoms with E-state index in [4.69, 9.17) is 4.74 Å².